The molecule has 1 saturated carbocycles. The van der Waals surface area contributed by atoms with Crippen LogP contribution < -0.4 is 0 Å². The topological polar surface area (TPSA) is 37.3 Å². The molecule has 47 valence electrons. The summed E-state index contributed by atoms with van der Waals surface area (Å²) in [6, 6.07) is 0. The zero-order valence-electron chi connectivity index (χ0n) is 5.13. The quantitative estimate of drug-likeness (QED) is 0.690. The van der Waals surface area contributed by atoms with Crippen molar-refractivity contribution >= 4 is 5.78 Å². The van der Waals surface area contributed by atoms with Gasteiger partial charge in [0.05, 0.1) is 6.61 Å². The molecule has 9 heavy (non-hydrogen) atoms. The van der Waals surface area contributed by atoms with Gasteiger partial charge in [0, 0.05) is 56.4 Å². The van der Waals surface area contributed by atoms with Crippen LogP contribution in [0.25, 0.3) is 0 Å². The second kappa shape index (κ2) is 3.85. The third kappa shape index (κ3) is 1.86. The van der Waals surface area contributed by atoms with Crippen LogP contribution in [-0.4, -0.2) is 17.5 Å². The van der Waals surface area contributed by atoms with E-state index in [-0.39, 0.29) is 62.4 Å². The van der Waals surface area contributed by atoms with Gasteiger partial charge >= 0.3 is 0 Å². The Balaban J connectivity index is 0.000000640. The molecule has 0 aromatic rings. The zero-order chi connectivity index (χ0) is 6.15. The number of carbonyl (C=O) groups is 1. The second-order valence-electron chi connectivity index (χ2n) is 2.03. The molecule has 0 heterocycles. The average Bonchev–Trinajstić information content (AvgIpc) is 1.81. The molecule has 0 bridgehead atoms. The van der Waals surface area contributed by atoms with E-state index in [0.29, 0.717) is 12.0 Å². The number of aliphatic hydroxyl groups is 1. The van der Waals surface area contributed by atoms with Crippen LogP contribution in [0.1, 0.15) is 6.42 Å². The Morgan fingerprint density at radius 2 is 2.33 bits per heavy atom. The molecule has 3 heteroatoms. The molecular weight excluding hydrogens is 331 g/mol. The van der Waals surface area contributed by atoms with E-state index in [4.69, 9.17) is 5.11 Å². The maximum Gasteiger partial charge on any atom is 0.159 e. The molecule has 1 rings (SSSR count). The van der Waals surface area contributed by atoms with Gasteiger partial charge in [-0.2, -0.15) is 0 Å². The van der Waals surface area contributed by atoms with E-state index in [1.54, 1.807) is 0 Å². The Labute approximate surface area is 89.9 Å². The number of Topliss-reactive ketones (excluding diaryl/α,β-unsaturated/α-hetero) is 1. The van der Waals surface area contributed by atoms with E-state index in [1.807, 2.05) is 0 Å². The maximum absolute atomic E-state index is 10.4. The molecule has 0 amide bonds. The van der Waals surface area contributed by atoms with E-state index < -0.39 is 0 Å². The maximum atomic E-state index is 10.4. The van der Waals surface area contributed by atoms with Gasteiger partial charge in [0.2, 0.25) is 0 Å². The molecule has 1 aliphatic carbocycles. The third-order valence-corrected chi connectivity index (χ3v) is 1.50. The summed E-state index contributed by atoms with van der Waals surface area (Å²) >= 11 is 0. The van der Waals surface area contributed by atoms with Crippen molar-refractivity contribution in [3.8, 4) is 0 Å². The molecule has 1 N–H and O–H groups in total. The Kier molecular flexibility index (Phi) is 4.20. The number of hydrogen-bond acceptors (Lipinski definition) is 2. The monoisotopic (exact) mass is 339 g/mol. The van der Waals surface area contributed by atoms with Crippen LogP contribution in [0.2, 0.25) is 0 Å². The normalized spacial score (nSPS) is 24.8. The van der Waals surface area contributed by atoms with E-state index in [1.165, 1.54) is 0 Å². The minimum atomic E-state index is 0. The Hall–Kier alpha value is 0.812. The van der Waals surface area contributed by atoms with E-state index >= 15 is 0 Å². The summed E-state index contributed by atoms with van der Waals surface area (Å²) < 4.78 is 0. The molecule has 1 radical (unpaired) electrons. The van der Waals surface area contributed by atoms with Crippen molar-refractivity contribution in [2.75, 3.05) is 6.61 Å². The zero-order valence-corrected chi connectivity index (χ0v) is 9.88. The van der Waals surface area contributed by atoms with Crippen LogP contribution in [0.5, 0.6) is 0 Å². The van der Waals surface area contributed by atoms with Crippen molar-refractivity contribution in [3.05, 3.63) is 12.2 Å². The molecule has 0 aromatic carbocycles. The summed E-state index contributed by atoms with van der Waals surface area (Å²) in [6.45, 7) is 3.56. The average molecular weight is 339 g/mol. The fourth-order valence-corrected chi connectivity index (χ4v) is 0.749. The van der Waals surface area contributed by atoms with E-state index in [9.17, 15) is 4.79 Å². The molecule has 2 nitrogen and oxygen atoms in total. The van der Waals surface area contributed by atoms with Crippen molar-refractivity contribution in [3.63, 3.8) is 0 Å². The van der Waals surface area contributed by atoms with E-state index in [2.05, 4.69) is 6.58 Å². The van der Waals surface area contributed by atoms with Crippen molar-refractivity contribution < 1.29 is 54.0 Å². The first-order valence-electron chi connectivity index (χ1n) is 2.58. The summed E-state index contributed by atoms with van der Waals surface area (Å²) in [4.78, 5) is 10.4. The molecule has 1 fully saturated rings. The van der Waals surface area contributed by atoms with Crippen LogP contribution in [0.15, 0.2) is 12.2 Å². The van der Waals surface area contributed by atoms with Gasteiger partial charge in [0.15, 0.2) is 5.78 Å². The smallest absolute Gasteiger partial charge is 0.159 e. The number of aliphatic hydroxyl groups excluding tert-OH is 1. The number of ketones is 1. The molecule has 1 unspecified atom stereocenters. The molecule has 1 atom stereocenters. The van der Waals surface area contributed by atoms with Crippen molar-refractivity contribution in [1.29, 1.82) is 0 Å². The molecule has 1 aliphatic rings. The summed E-state index contributed by atoms with van der Waals surface area (Å²) in [6.07, 6.45) is 0.495. The first kappa shape index (κ1) is 9.81. The summed E-state index contributed by atoms with van der Waals surface area (Å²) in [7, 11) is 0. The van der Waals surface area contributed by atoms with Crippen LogP contribution in [0.4, 0.5) is 0 Å². The minimum Gasteiger partial charge on any atom is -0.396 e. The Morgan fingerprint density at radius 1 is 1.78 bits per heavy atom. The first-order valence-corrected chi connectivity index (χ1v) is 2.58. The summed E-state index contributed by atoms with van der Waals surface area (Å²) in [5.74, 6) is 0.173. The van der Waals surface area contributed by atoms with Gasteiger partial charge < -0.3 is 5.11 Å². The van der Waals surface area contributed by atoms with Crippen LogP contribution >= 0.6 is 0 Å². The predicted molar refractivity (Wildman–Crippen MR) is 29.3 cm³/mol. The number of hydrogen-bond donors (Lipinski definition) is 1. The van der Waals surface area contributed by atoms with Gasteiger partial charge in [-0.15, -0.1) is 0 Å². The van der Waals surface area contributed by atoms with Crippen molar-refractivity contribution in [2.24, 2.45) is 5.92 Å². The largest absolute Gasteiger partial charge is 0.396 e. The molecule has 0 saturated heterocycles. The van der Waals surface area contributed by atoms with Crippen molar-refractivity contribution in [2.45, 2.75) is 6.42 Å². The second-order valence-corrected chi connectivity index (χ2v) is 2.03. The fourth-order valence-electron chi connectivity index (χ4n) is 0.749. The summed E-state index contributed by atoms with van der Waals surface area (Å²) in [5, 5.41) is 8.46. The van der Waals surface area contributed by atoms with Gasteiger partial charge in [-0.3, -0.25) is 4.79 Å². The van der Waals surface area contributed by atoms with Crippen LogP contribution in [-0.2, 0) is 4.79 Å². The van der Waals surface area contributed by atoms with Gasteiger partial charge in [0.1, 0.15) is 0 Å². The van der Waals surface area contributed by atoms with Gasteiger partial charge in [0.25, 0.3) is 0 Å². The van der Waals surface area contributed by atoms with Crippen LogP contribution in [0, 0.1) is 50.0 Å². The van der Waals surface area contributed by atoms with Gasteiger partial charge in [-0.1, -0.05) is 6.58 Å². The standard InChI is InChI=1S/C6H8O2.Ac/c1-4-5(3-7)2-6(4)8;/h5,7H,1-3H2;. The van der Waals surface area contributed by atoms with Crippen molar-refractivity contribution in [1.82, 2.24) is 0 Å². The van der Waals surface area contributed by atoms with Gasteiger partial charge in [-0.25, -0.2) is 0 Å². The predicted octanol–water partition coefficient (Wildman–Crippen LogP) is 0.124. The van der Waals surface area contributed by atoms with Crippen LogP contribution in [0.3, 0.4) is 0 Å². The number of rotatable bonds is 1. The molecule has 0 aliphatic heterocycles. The molecular formula is C6H8AcO2. The minimum absolute atomic E-state index is 0. The first-order chi connectivity index (χ1) is 3.75. The summed E-state index contributed by atoms with van der Waals surface area (Å²) in [5.41, 5.74) is 0.590. The Bertz CT molecular complexity index is 142. The third-order valence-electron chi connectivity index (χ3n) is 1.50. The van der Waals surface area contributed by atoms with E-state index in [0.717, 1.165) is 0 Å². The Morgan fingerprint density at radius 3 is 2.44 bits per heavy atom. The SMILES string of the molecule is C=C1C(=O)CC1CO.[Ac]. The molecule has 0 aromatic heterocycles. The number of carbonyl (C=O) groups excluding carboxylic acids is 1. The van der Waals surface area contributed by atoms with Gasteiger partial charge in [-0.05, 0) is 5.57 Å². The fraction of sp³-hybridized carbons (Fsp3) is 0.500. The molecule has 0 spiro atoms.